The summed E-state index contributed by atoms with van der Waals surface area (Å²) in [6, 6.07) is 9.69. The molecule has 0 heterocycles. The Kier molecular flexibility index (Phi) is 4.92. The highest BCUT2D eigenvalue weighted by Crippen LogP contribution is 2.06. The molecule has 1 aromatic carbocycles. The van der Waals surface area contributed by atoms with Crippen LogP contribution in [0.2, 0.25) is 0 Å². The predicted molar refractivity (Wildman–Crippen MR) is 63.8 cm³/mol. The minimum Gasteiger partial charge on any atom is -0.328 e. The van der Waals surface area contributed by atoms with Gasteiger partial charge in [-0.15, -0.1) is 0 Å². The molecule has 16 heavy (non-hydrogen) atoms. The lowest BCUT2D eigenvalue weighted by Crippen LogP contribution is -2.24. The van der Waals surface area contributed by atoms with E-state index in [0.717, 1.165) is 12.8 Å². The van der Waals surface area contributed by atoms with Crippen LogP contribution in [0.1, 0.15) is 18.4 Å². The maximum Gasteiger partial charge on any atom is 0.264 e. The number of nitrogens with two attached hydrogens (primary N) is 1. The summed E-state index contributed by atoms with van der Waals surface area (Å²) in [5.41, 5.74) is 6.94. The van der Waals surface area contributed by atoms with E-state index in [9.17, 15) is 8.42 Å². The van der Waals surface area contributed by atoms with Crippen LogP contribution in [0.5, 0.6) is 0 Å². The molecule has 0 spiro atoms. The summed E-state index contributed by atoms with van der Waals surface area (Å²) in [6.07, 6.45) is 1.85. The SMILES string of the molecule is NC(CCc1ccccc1)CCS(=O)(=O)O. The molecule has 0 amide bonds. The highest BCUT2D eigenvalue weighted by atomic mass is 32.2. The lowest BCUT2D eigenvalue weighted by atomic mass is 10.0. The number of hydrogen-bond acceptors (Lipinski definition) is 3. The van der Waals surface area contributed by atoms with Crippen LogP contribution in [-0.4, -0.2) is 24.8 Å². The number of aryl methyl sites for hydroxylation is 1. The molecule has 0 aliphatic carbocycles. The maximum atomic E-state index is 10.5. The lowest BCUT2D eigenvalue weighted by Gasteiger charge is -2.10. The van der Waals surface area contributed by atoms with Crippen LogP contribution in [0.3, 0.4) is 0 Å². The van der Waals surface area contributed by atoms with E-state index >= 15 is 0 Å². The van der Waals surface area contributed by atoms with Gasteiger partial charge in [0.15, 0.2) is 0 Å². The molecule has 1 rings (SSSR count). The molecule has 0 bridgehead atoms. The van der Waals surface area contributed by atoms with Crippen molar-refractivity contribution in [2.45, 2.75) is 25.3 Å². The van der Waals surface area contributed by atoms with Gasteiger partial charge in [0.25, 0.3) is 10.1 Å². The van der Waals surface area contributed by atoms with Crippen LogP contribution in [-0.2, 0) is 16.5 Å². The second-order valence-electron chi connectivity index (χ2n) is 3.86. The molecular weight excluding hydrogens is 226 g/mol. The van der Waals surface area contributed by atoms with Gasteiger partial charge in [-0.2, -0.15) is 8.42 Å². The third-order valence-electron chi connectivity index (χ3n) is 2.39. The second-order valence-corrected chi connectivity index (χ2v) is 5.43. The zero-order valence-corrected chi connectivity index (χ0v) is 9.86. The molecule has 1 atom stereocenters. The van der Waals surface area contributed by atoms with Crippen molar-refractivity contribution in [1.82, 2.24) is 0 Å². The molecule has 0 aromatic heterocycles. The summed E-state index contributed by atoms with van der Waals surface area (Å²) < 4.78 is 29.6. The van der Waals surface area contributed by atoms with Crippen molar-refractivity contribution in [3.8, 4) is 0 Å². The molecule has 3 N–H and O–H groups in total. The molecule has 0 aliphatic rings. The van der Waals surface area contributed by atoms with Gasteiger partial charge in [0, 0.05) is 6.04 Å². The Balaban J connectivity index is 2.28. The van der Waals surface area contributed by atoms with Crippen LogP contribution >= 0.6 is 0 Å². The highest BCUT2D eigenvalue weighted by molar-refractivity contribution is 7.85. The average Bonchev–Trinajstić information content (AvgIpc) is 2.24. The minimum absolute atomic E-state index is 0.192. The summed E-state index contributed by atoms with van der Waals surface area (Å²) in [5, 5.41) is 0. The second kappa shape index (κ2) is 5.98. The minimum atomic E-state index is -3.88. The van der Waals surface area contributed by atoms with E-state index in [0.29, 0.717) is 6.42 Å². The number of benzene rings is 1. The summed E-state index contributed by atoms with van der Waals surface area (Å²) in [7, 11) is -3.88. The van der Waals surface area contributed by atoms with Crippen LogP contribution in [0.25, 0.3) is 0 Å². The van der Waals surface area contributed by atoms with E-state index in [1.807, 2.05) is 30.3 Å². The molecule has 1 aromatic rings. The summed E-state index contributed by atoms with van der Waals surface area (Å²) >= 11 is 0. The number of rotatable bonds is 6. The zero-order chi connectivity index (χ0) is 12.0. The van der Waals surface area contributed by atoms with Crippen molar-refractivity contribution in [3.05, 3.63) is 35.9 Å². The standard InChI is InChI=1S/C11H17NO3S/c12-11(8-9-16(13,14)15)7-6-10-4-2-1-3-5-10/h1-5,11H,6-9,12H2,(H,13,14,15). The lowest BCUT2D eigenvalue weighted by molar-refractivity contribution is 0.474. The van der Waals surface area contributed by atoms with E-state index in [1.54, 1.807) is 0 Å². The van der Waals surface area contributed by atoms with Crippen LogP contribution in [0.4, 0.5) is 0 Å². The molecule has 0 radical (unpaired) electrons. The van der Waals surface area contributed by atoms with Crippen molar-refractivity contribution in [2.24, 2.45) is 5.73 Å². The summed E-state index contributed by atoms with van der Waals surface area (Å²) in [5.74, 6) is -0.261. The molecule has 0 aliphatic heterocycles. The predicted octanol–water partition coefficient (Wildman–Crippen LogP) is 1.22. The largest absolute Gasteiger partial charge is 0.328 e. The Morgan fingerprint density at radius 2 is 1.81 bits per heavy atom. The summed E-state index contributed by atoms with van der Waals surface area (Å²) in [4.78, 5) is 0. The molecule has 90 valence electrons. The van der Waals surface area contributed by atoms with Gasteiger partial charge in [-0.3, -0.25) is 4.55 Å². The first-order valence-electron chi connectivity index (χ1n) is 5.22. The Morgan fingerprint density at radius 1 is 1.19 bits per heavy atom. The molecule has 1 unspecified atom stereocenters. The van der Waals surface area contributed by atoms with Crippen molar-refractivity contribution < 1.29 is 13.0 Å². The molecule has 0 saturated carbocycles. The fourth-order valence-corrected chi connectivity index (χ4v) is 2.04. The monoisotopic (exact) mass is 243 g/mol. The van der Waals surface area contributed by atoms with Crippen LogP contribution < -0.4 is 5.73 Å². The molecule has 5 heteroatoms. The van der Waals surface area contributed by atoms with E-state index in [2.05, 4.69) is 0 Å². The van der Waals surface area contributed by atoms with Gasteiger partial charge < -0.3 is 5.73 Å². The van der Waals surface area contributed by atoms with E-state index < -0.39 is 10.1 Å². The van der Waals surface area contributed by atoms with Crippen molar-refractivity contribution >= 4 is 10.1 Å². The third-order valence-corrected chi connectivity index (χ3v) is 3.14. The fourth-order valence-electron chi connectivity index (χ4n) is 1.44. The van der Waals surface area contributed by atoms with E-state index in [1.165, 1.54) is 5.56 Å². The first-order valence-corrected chi connectivity index (χ1v) is 6.83. The smallest absolute Gasteiger partial charge is 0.264 e. The Bertz CT molecular complexity index is 402. The van der Waals surface area contributed by atoms with Gasteiger partial charge in [-0.25, -0.2) is 0 Å². The van der Waals surface area contributed by atoms with Gasteiger partial charge in [0.1, 0.15) is 0 Å². The van der Waals surface area contributed by atoms with Gasteiger partial charge in [-0.05, 0) is 24.8 Å². The zero-order valence-electron chi connectivity index (χ0n) is 9.04. The average molecular weight is 243 g/mol. The maximum absolute atomic E-state index is 10.5. The van der Waals surface area contributed by atoms with Crippen LogP contribution in [0.15, 0.2) is 30.3 Å². The topological polar surface area (TPSA) is 80.4 Å². The Labute approximate surface area is 96.2 Å². The molecular formula is C11H17NO3S. The fraction of sp³-hybridized carbons (Fsp3) is 0.455. The third kappa shape index (κ3) is 5.85. The quantitative estimate of drug-likeness (QED) is 0.736. The molecule has 0 saturated heterocycles. The van der Waals surface area contributed by atoms with Gasteiger partial charge in [0.05, 0.1) is 5.75 Å². The first-order chi connectivity index (χ1) is 7.47. The normalized spacial score (nSPS) is 13.6. The summed E-state index contributed by atoms with van der Waals surface area (Å²) in [6.45, 7) is 0. The van der Waals surface area contributed by atoms with Crippen molar-refractivity contribution in [2.75, 3.05) is 5.75 Å². The van der Waals surface area contributed by atoms with Crippen molar-refractivity contribution in [3.63, 3.8) is 0 Å². The highest BCUT2D eigenvalue weighted by Gasteiger charge is 2.09. The Morgan fingerprint density at radius 3 is 2.38 bits per heavy atom. The molecule has 0 fully saturated rings. The Hall–Kier alpha value is -0.910. The first kappa shape index (κ1) is 13.2. The van der Waals surface area contributed by atoms with Crippen molar-refractivity contribution in [1.29, 1.82) is 0 Å². The van der Waals surface area contributed by atoms with Crippen LogP contribution in [0, 0.1) is 0 Å². The van der Waals surface area contributed by atoms with E-state index in [4.69, 9.17) is 10.3 Å². The van der Waals surface area contributed by atoms with Gasteiger partial charge in [0.2, 0.25) is 0 Å². The number of hydrogen-bond donors (Lipinski definition) is 2. The molecule has 4 nitrogen and oxygen atoms in total. The van der Waals surface area contributed by atoms with E-state index in [-0.39, 0.29) is 11.8 Å². The van der Waals surface area contributed by atoms with Gasteiger partial charge >= 0.3 is 0 Å². The van der Waals surface area contributed by atoms with Gasteiger partial charge in [-0.1, -0.05) is 30.3 Å².